The van der Waals surface area contributed by atoms with Gasteiger partial charge in [-0.25, -0.2) is 4.79 Å². The van der Waals surface area contributed by atoms with Crippen LogP contribution in [0.5, 0.6) is 5.75 Å². The Morgan fingerprint density at radius 1 is 0.808 bits per heavy atom. The number of hydrogen-bond acceptors (Lipinski definition) is 3. The number of aliphatic carboxylic acids is 1. The first-order valence-corrected chi connectivity index (χ1v) is 8.91. The van der Waals surface area contributed by atoms with Crippen molar-refractivity contribution in [1.82, 2.24) is 0 Å². The molecule has 0 saturated carbocycles. The zero-order chi connectivity index (χ0) is 18.4. The van der Waals surface area contributed by atoms with Gasteiger partial charge < -0.3 is 9.84 Å². The molecule has 0 aliphatic heterocycles. The fraction of sp³-hybridized carbons (Fsp3) is 0.0455. The number of thioether (sulfide) groups is 1. The Bertz CT molecular complexity index is 901. The van der Waals surface area contributed by atoms with Crippen LogP contribution in [0.2, 0.25) is 0 Å². The van der Waals surface area contributed by atoms with Crippen molar-refractivity contribution in [2.24, 2.45) is 0 Å². The zero-order valence-electron chi connectivity index (χ0n) is 14.3. The number of ether oxygens (including phenoxy) is 1. The molecule has 0 fully saturated rings. The lowest BCUT2D eigenvalue weighted by Crippen LogP contribution is -2.03. The maximum absolute atomic E-state index is 12.1. The Morgan fingerprint density at radius 3 is 1.88 bits per heavy atom. The number of rotatable bonds is 6. The Kier molecular flexibility index (Phi) is 5.77. The lowest BCUT2D eigenvalue weighted by molar-refractivity contribution is -0.131. The van der Waals surface area contributed by atoms with E-state index in [0.29, 0.717) is 5.57 Å². The van der Waals surface area contributed by atoms with E-state index in [-0.39, 0.29) is 4.91 Å². The van der Waals surface area contributed by atoms with Crippen LogP contribution < -0.4 is 4.74 Å². The molecular formula is C22H18O3S. The van der Waals surface area contributed by atoms with E-state index in [0.717, 1.165) is 21.8 Å². The van der Waals surface area contributed by atoms with E-state index in [1.807, 2.05) is 84.9 Å². The van der Waals surface area contributed by atoms with Crippen molar-refractivity contribution in [3.63, 3.8) is 0 Å². The molecule has 3 aromatic carbocycles. The second-order valence-electron chi connectivity index (χ2n) is 5.52. The highest BCUT2D eigenvalue weighted by atomic mass is 32.2. The molecule has 0 aliphatic carbocycles. The average molecular weight is 362 g/mol. The van der Waals surface area contributed by atoms with E-state index in [9.17, 15) is 9.90 Å². The smallest absolute Gasteiger partial charge is 0.343 e. The quantitative estimate of drug-likeness (QED) is 0.475. The summed E-state index contributed by atoms with van der Waals surface area (Å²) >= 11 is 1.25. The van der Waals surface area contributed by atoms with Crippen LogP contribution in [0.3, 0.4) is 0 Å². The minimum Gasteiger partial charge on any atom is -0.497 e. The van der Waals surface area contributed by atoms with Crippen molar-refractivity contribution < 1.29 is 14.6 Å². The Morgan fingerprint density at radius 2 is 1.35 bits per heavy atom. The molecule has 26 heavy (non-hydrogen) atoms. The molecule has 0 bridgehead atoms. The number of hydrogen-bond donors (Lipinski definition) is 1. The minimum atomic E-state index is -0.950. The van der Waals surface area contributed by atoms with Crippen molar-refractivity contribution >= 4 is 23.3 Å². The molecule has 0 aromatic heterocycles. The molecule has 4 heteroatoms. The molecule has 0 saturated heterocycles. The lowest BCUT2D eigenvalue weighted by atomic mass is 9.97. The van der Waals surface area contributed by atoms with Crippen molar-refractivity contribution in [2.75, 3.05) is 7.11 Å². The first-order chi connectivity index (χ1) is 12.7. The van der Waals surface area contributed by atoms with E-state index in [1.54, 1.807) is 7.11 Å². The molecule has 3 nitrogen and oxygen atoms in total. The van der Waals surface area contributed by atoms with Gasteiger partial charge in [-0.1, -0.05) is 72.4 Å². The summed E-state index contributed by atoms with van der Waals surface area (Å²) in [6.07, 6.45) is 0. The summed E-state index contributed by atoms with van der Waals surface area (Å²) in [6, 6.07) is 26.6. The summed E-state index contributed by atoms with van der Waals surface area (Å²) in [6.45, 7) is 0. The topological polar surface area (TPSA) is 46.5 Å². The second-order valence-corrected chi connectivity index (χ2v) is 6.60. The van der Waals surface area contributed by atoms with E-state index in [1.165, 1.54) is 11.8 Å². The van der Waals surface area contributed by atoms with Crippen LogP contribution in [-0.2, 0) is 4.79 Å². The van der Waals surface area contributed by atoms with E-state index < -0.39 is 5.97 Å². The van der Waals surface area contributed by atoms with Gasteiger partial charge in [0.1, 0.15) is 10.7 Å². The molecule has 3 rings (SSSR count). The van der Waals surface area contributed by atoms with Crippen molar-refractivity contribution in [1.29, 1.82) is 0 Å². The molecule has 0 radical (unpaired) electrons. The SMILES string of the molecule is COc1ccc(/C(=C(/Sc2ccccc2)C(=O)O)c2ccccc2)cc1. The molecule has 0 heterocycles. The Labute approximate surface area is 157 Å². The van der Waals surface area contributed by atoms with Crippen LogP contribution in [0.25, 0.3) is 5.57 Å². The van der Waals surface area contributed by atoms with Crippen LogP contribution in [0.15, 0.2) is 94.7 Å². The van der Waals surface area contributed by atoms with Gasteiger partial charge in [0, 0.05) is 10.5 Å². The number of carboxylic acid groups (broad SMARTS) is 1. The second kappa shape index (κ2) is 8.41. The number of carbonyl (C=O) groups is 1. The van der Waals surface area contributed by atoms with E-state index in [4.69, 9.17) is 4.74 Å². The Hall–Kier alpha value is -2.98. The van der Waals surface area contributed by atoms with Gasteiger partial charge in [0.15, 0.2) is 0 Å². The maximum atomic E-state index is 12.1. The summed E-state index contributed by atoms with van der Waals surface area (Å²) < 4.78 is 5.22. The summed E-state index contributed by atoms with van der Waals surface area (Å²) in [7, 11) is 1.61. The van der Waals surface area contributed by atoms with Gasteiger partial charge in [-0.05, 0) is 35.4 Å². The number of methoxy groups -OCH3 is 1. The van der Waals surface area contributed by atoms with Crippen LogP contribution in [-0.4, -0.2) is 18.2 Å². The predicted molar refractivity (Wildman–Crippen MR) is 105 cm³/mol. The zero-order valence-corrected chi connectivity index (χ0v) is 15.1. The van der Waals surface area contributed by atoms with Crippen molar-refractivity contribution in [3.05, 3.63) is 101 Å². The summed E-state index contributed by atoms with van der Waals surface area (Å²) in [5, 5.41) is 9.92. The minimum absolute atomic E-state index is 0.285. The third-order valence-corrected chi connectivity index (χ3v) is 4.92. The highest BCUT2D eigenvalue weighted by Gasteiger charge is 2.19. The fourth-order valence-electron chi connectivity index (χ4n) is 2.60. The molecule has 0 spiro atoms. The number of benzene rings is 3. The van der Waals surface area contributed by atoms with Gasteiger partial charge in [0.2, 0.25) is 0 Å². The third kappa shape index (κ3) is 4.16. The highest BCUT2D eigenvalue weighted by molar-refractivity contribution is 8.04. The molecule has 130 valence electrons. The van der Waals surface area contributed by atoms with Crippen LogP contribution in [0.4, 0.5) is 0 Å². The summed E-state index contributed by atoms with van der Waals surface area (Å²) in [4.78, 5) is 13.3. The number of carboxylic acids is 1. The molecule has 0 aliphatic rings. The fourth-order valence-corrected chi connectivity index (χ4v) is 3.55. The molecular weight excluding hydrogens is 344 g/mol. The standard InChI is InChI=1S/C22H18O3S/c1-25-18-14-12-17(13-15-18)20(16-8-4-2-5-9-16)21(22(23)24)26-19-10-6-3-7-11-19/h2-15H,1H3,(H,23,24)/b21-20+. The van der Waals surface area contributed by atoms with Crippen LogP contribution >= 0.6 is 11.8 Å². The van der Waals surface area contributed by atoms with Crippen molar-refractivity contribution in [2.45, 2.75) is 4.90 Å². The predicted octanol–water partition coefficient (Wildman–Crippen LogP) is 5.33. The monoisotopic (exact) mass is 362 g/mol. The van der Waals surface area contributed by atoms with E-state index in [2.05, 4.69) is 0 Å². The van der Waals surface area contributed by atoms with Gasteiger partial charge >= 0.3 is 5.97 Å². The first-order valence-electron chi connectivity index (χ1n) is 8.09. The highest BCUT2D eigenvalue weighted by Crippen LogP contribution is 2.37. The molecule has 3 aromatic rings. The summed E-state index contributed by atoms with van der Waals surface area (Å²) in [5.41, 5.74) is 2.38. The van der Waals surface area contributed by atoms with Crippen LogP contribution in [0, 0.1) is 0 Å². The lowest BCUT2D eigenvalue weighted by Gasteiger charge is -2.14. The average Bonchev–Trinajstić information content (AvgIpc) is 2.69. The first kappa shape index (κ1) is 17.8. The molecule has 1 N–H and O–H groups in total. The normalized spacial score (nSPS) is 11.6. The van der Waals surface area contributed by atoms with Crippen LogP contribution in [0.1, 0.15) is 11.1 Å². The summed E-state index contributed by atoms with van der Waals surface area (Å²) in [5.74, 6) is -0.220. The van der Waals surface area contributed by atoms with Gasteiger partial charge in [-0.3, -0.25) is 0 Å². The third-order valence-electron chi connectivity index (χ3n) is 3.83. The van der Waals surface area contributed by atoms with Gasteiger partial charge in [-0.2, -0.15) is 0 Å². The van der Waals surface area contributed by atoms with Gasteiger partial charge in [0.25, 0.3) is 0 Å². The van der Waals surface area contributed by atoms with E-state index >= 15 is 0 Å². The molecule has 0 atom stereocenters. The Balaban J connectivity index is 2.18. The van der Waals surface area contributed by atoms with Gasteiger partial charge in [-0.15, -0.1) is 0 Å². The van der Waals surface area contributed by atoms with Gasteiger partial charge in [0.05, 0.1) is 7.11 Å². The maximum Gasteiger partial charge on any atom is 0.343 e. The molecule has 0 amide bonds. The van der Waals surface area contributed by atoms with Crippen molar-refractivity contribution in [3.8, 4) is 5.75 Å². The largest absolute Gasteiger partial charge is 0.497 e. The molecule has 0 unspecified atom stereocenters.